The molecule has 0 saturated carbocycles. The quantitative estimate of drug-likeness (QED) is 0.233. The van der Waals surface area contributed by atoms with Gasteiger partial charge in [0, 0.05) is 0 Å². The molecule has 0 spiro atoms. The van der Waals surface area contributed by atoms with Crippen molar-refractivity contribution in [3.05, 3.63) is 30.3 Å². The number of benzene rings is 1. The molecule has 29 heavy (non-hydrogen) atoms. The zero-order chi connectivity index (χ0) is 21.3. The molecule has 1 rings (SSSR count). The highest BCUT2D eigenvalue weighted by molar-refractivity contribution is 7.50. The van der Waals surface area contributed by atoms with Crippen LogP contribution in [0.2, 0.25) is 0 Å². The van der Waals surface area contributed by atoms with E-state index in [1.807, 2.05) is 18.2 Å². The van der Waals surface area contributed by atoms with E-state index >= 15 is 0 Å². The second-order valence-corrected chi connectivity index (χ2v) is 8.09. The van der Waals surface area contributed by atoms with Gasteiger partial charge in [-0.2, -0.15) is 0 Å². The third-order valence-electron chi connectivity index (χ3n) is 4.05. The minimum atomic E-state index is -1.58. The van der Waals surface area contributed by atoms with Gasteiger partial charge in [-0.1, -0.05) is 57.7 Å². The maximum atomic E-state index is 12.5. The number of unbranched alkanes of at least 4 members (excludes halogenated alkanes) is 4. The van der Waals surface area contributed by atoms with Gasteiger partial charge in [0.05, 0.1) is 19.6 Å². The number of hydrogen-bond acceptors (Lipinski definition) is 7. The molecule has 0 bridgehead atoms. The first kappa shape index (κ1) is 25.3. The number of ether oxygens (including phenoxy) is 2. The first-order valence-corrected chi connectivity index (χ1v) is 11.7. The number of para-hydroxylation sites is 1. The number of carbonyl (C=O) groups excluding carboxylic acids is 2. The lowest BCUT2D eigenvalue weighted by molar-refractivity contribution is -0.152. The van der Waals surface area contributed by atoms with E-state index in [4.69, 9.17) is 14.0 Å². The molecule has 0 amide bonds. The molecule has 2 unspecified atom stereocenters. The van der Waals surface area contributed by atoms with Crippen LogP contribution in [0.4, 0.5) is 0 Å². The van der Waals surface area contributed by atoms with Gasteiger partial charge in [0.1, 0.15) is 18.1 Å². The first-order chi connectivity index (χ1) is 14.1. The van der Waals surface area contributed by atoms with E-state index < -0.39 is 26.3 Å². The summed E-state index contributed by atoms with van der Waals surface area (Å²) in [7, 11) is -1.58. The van der Waals surface area contributed by atoms with Crippen LogP contribution in [0.15, 0.2) is 30.3 Å². The largest absolute Gasteiger partial charge is 0.466 e. The highest BCUT2D eigenvalue weighted by Gasteiger charge is 2.28. The Morgan fingerprint density at radius 2 is 1.62 bits per heavy atom. The van der Waals surface area contributed by atoms with Crippen molar-refractivity contribution in [1.29, 1.82) is 0 Å². The standard InChI is InChI=1S/C21H34NO6P/c1-3-5-10-14-26-20(24)16-19(21(25)27-15-11-6-4-2)22-29(17-23)28-18-12-8-7-9-13-18/h7-9,12-13,19,22-23H,3-6,10-11,14-17H2,1-2H3. The van der Waals surface area contributed by atoms with Crippen molar-refractivity contribution < 1.29 is 28.7 Å². The molecule has 0 aliphatic heterocycles. The van der Waals surface area contributed by atoms with Crippen LogP contribution in [0.1, 0.15) is 58.8 Å². The highest BCUT2D eigenvalue weighted by atomic mass is 31.2. The topological polar surface area (TPSA) is 94.1 Å². The SMILES string of the molecule is CCCCCOC(=O)CC(NP(CO)Oc1ccccc1)C(=O)OCCCCC. The Hall–Kier alpha value is -1.69. The summed E-state index contributed by atoms with van der Waals surface area (Å²) in [4.78, 5) is 24.7. The smallest absolute Gasteiger partial charge is 0.324 e. The molecule has 164 valence electrons. The van der Waals surface area contributed by atoms with Gasteiger partial charge in [-0.05, 0) is 25.0 Å². The maximum absolute atomic E-state index is 12.5. The van der Waals surface area contributed by atoms with E-state index in [0.717, 1.165) is 38.5 Å². The van der Waals surface area contributed by atoms with Gasteiger partial charge < -0.3 is 19.1 Å². The molecule has 0 saturated heterocycles. The summed E-state index contributed by atoms with van der Waals surface area (Å²) >= 11 is 0. The molecule has 0 radical (unpaired) electrons. The fourth-order valence-electron chi connectivity index (χ4n) is 2.45. The van der Waals surface area contributed by atoms with Crippen molar-refractivity contribution in [1.82, 2.24) is 5.09 Å². The fraction of sp³-hybridized carbons (Fsp3) is 0.619. The van der Waals surface area contributed by atoms with Crippen LogP contribution in [0, 0.1) is 0 Å². The minimum Gasteiger partial charge on any atom is -0.466 e. The second-order valence-electron chi connectivity index (χ2n) is 6.61. The van der Waals surface area contributed by atoms with Gasteiger partial charge in [0.2, 0.25) is 0 Å². The third kappa shape index (κ3) is 11.8. The molecule has 1 aromatic rings. The predicted octanol–water partition coefficient (Wildman–Crippen LogP) is 4.14. The minimum absolute atomic E-state index is 0.171. The lowest BCUT2D eigenvalue weighted by atomic mass is 10.2. The number of rotatable bonds is 16. The molecule has 0 aliphatic rings. The van der Waals surface area contributed by atoms with Gasteiger partial charge >= 0.3 is 11.9 Å². The molecule has 7 nitrogen and oxygen atoms in total. The molecule has 8 heteroatoms. The average molecular weight is 427 g/mol. The van der Waals surface area contributed by atoms with Crippen LogP contribution in [-0.4, -0.2) is 42.6 Å². The van der Waals surface area contributed by atoms with E-state index in [-0.39, 0.29) is 12.8 Å². The molecule has 0 aliphatic carbocycles. The fourth-order valence-corrected chi connectivity index (χ4v) is 3.56. The number of esters is 2. The highest BCUT2D eigenvalue weighted by Crippen LogP contribution is 2.34. The van der Waals surface area contributed by atoms with Crippen LogP contribution in [0.25, 0.3) is 0 Å². The van der Waals surface area contributed by atoms with Crippen LogP contribution < -0.4 is 9.61 Å². The van der Waals surface area contributed by atoms with Crippen LogP contribution in [-0.2, 0) is 19.1 Å². The van der Waals surface area contributed by atoms with Crippen molar-refractivity contribution in [2.75, 3.05) is 19.6 Å². The van der Waals surface area contributed by atoms with Crippen LogP contribution in [0.3, 0.4) is 0 Å². The van der Waals surface area contributed by atoms with Crippen LogP contribution in [0.5, 0.6) is 5.75 Å². The summed E-state index contributed by atoms with van der Waals surface area (Å²) < 4.78 is 16.3. The summed E-state index contributed by atoms with van der Waals surface area (Å²) in [5.74, 6) is -0.446. The molecule has 0 aromatic heterocycles. The van der Waals surface area contributed by atoms with Crippen molar-refractivity contribution in [2.24, 2.45) is 0 Å². The average Bonchev–Trinajstić information content (AvgIpc) is 2.73. The molecule has 2 atom stereocenters. The molecular weight excluding hydrogens is 393 g/mol. The van der Waals surface area contributed by atoms with Gasteiger partial charge in [-0.3, -0.25) is 9.59 Å². The van der Waals surface area contributed by atoms with Gasteiger partial charge in [-0.25, -0.2) is 5.09 Å². The number of carbonyl (C=O) groups is 2. The Bertz CT molecular complexity index is 572. The number of aliphatic hydroxyl groups is 1. The van der Waals surface area contributed by atoms with E-state index in [0.29, 0.717) is 19.0 Å². The van der Waals surface area contributed by atoms with Gasteiger partial charge in [0.15, 0.2) is 8.30 Å². The Balaban J connectivity index is 2.65. The van der Waals surface area contributed by atoms with Gasteiger partial charge in [-0.15, -0.1) is 0 Å². The summed E-state index contributed by atoms with van der Waals surface area (Å²) in [6, 6.07) is 8.06. The maximum Gasteiger partial charge on any atom is 0.324 e. The summed E-state index contributed by atoms with van der Waals surface area (Å²) in [6.07, 6.45) is 5.08. The van der Waals surface area contributed by atoms with E-state index in [9.17, 15) is 14.7 Å². The Kier molecular flexibility index (Phi) is 14.1. The molecular formula is C21H34NO6P. The molecule has 0 fully saturated rings. The lowest BCUT2D eigenvalue weighted by Crippen LogP contribution is -2.38. The third-order valence-corrected chi connectivity index (χ3v) is 5.33. The Morgan fingerprint density at radius 3 is 2.21 bits per heavy atom. The number of nitrogens with one attached hydrogen (secondary N) is 1. The van der Waals surface area contributed by atoms with E-state index in [2.05, 4.69) is 18.9 Å². The predicted molar refractivity (Wildman–Crippen MR) is 114 cm³/mol. The molecule has 1 aromatic carbocycles. The molecule has 0 heterocycles. The van der Waals surface area contributed by atoms with Crippen molar-refractivity contribution in [3.63, 3.8) is 0 Å². The summed E-state index contributed by atoms with van der Waals surface area (Å²) in [6.45, 7) is 4.77. The van der Waals surface area contributed by atoms with Gasteiger partial charge in [0.25, 0.3) is 0 Å². The summed E-state index contributed by atoms with van der Waals surface area (Å²) in [5, 5.41) is 12.6. The van der Waals surface area contributed by atoms with E-state index in [1.165, 1.54) is 0 Å². The van der Waals surface area contributed by atoms with E-state index in [1.54, 1.807) is 12.1 Å². The number of hydrogen-bond donors (Lipinski definition) is 2. The lowest BCUT2D eigenvalue weighted by Gasteiger charge is -2.23. The zero-order valence-electron chi connectivity index (χ0n) is 17.5. The Labute approximate surface area is 175 Å². The van der Waals surface area contributed by atoms with Crippen molar-refractivity contribution >= 4 is 20.2 Å². The molecule has 2 N–H and O–H groups in total. The second kappa shape index (κ2) is 16.1. The van der Waals surface area contributed by atoms with Crippen molar-refractivity contribution in [2.45, 2.75) is 64.8 Å². The summed E-state index contributed by atoms with van der Waals surface area (Å²) in [5.41, 5.74) is 0. The zero-order valence-corrected chi connectivity index (χ0v) is 18.4. The number of aliphatic hydroxyl groups excluding tert-OH is 1. The monoisotopic (exact) mass is 427 g/mol. The Morgan fingerprint density at radius 1 is 1.00 bits per heavy atom. The van der Waals surface area contributed by atoms with Crippen LogP contribution >= 0.6 is 8.30 Å². The normalized spacial score (nSPS) is 12.8. The first-order valence-electron chi connectivity index (χ1n) is 10.3. The van der Waals surface area contributed by atoms with Crippen molar-refractivity contribution in [3.8, 4) is 5.75 Å².